The lowest BCUT2D eigenvalue weighted by molar-refractivity contribution is 0.0927. The molecule has 21 heavy (non-hydrogen) atoms. The molecule has 108 valence electrons. The number of nitrogens with zero attached hydrogens (tertiary/aromatic N) is 1. The van der Waals surface area contributed by atoms with Gasteiger partial charge in [0.1, 0.15) is 12.4 Å². The van der Waals surface area contributed by atoms with Crippen LogP contribution in [0.3, 0.4) is 0 Å². The average molecular weight is 288 g/mol. The summed E-state index contributed by atoms with van der Waals surface area (Å²) in [5.41, 5.74) is 5.69. The molecule has 1 heterocycles. The lowest BCUT2D eigenvalue weighted by Crippen LogP contribution is -2.17. The maximum absolute atomic E-state index is 11.5. The van der Waals surface area contributed by atoms with Crippen molar-refractivity contribution < 1.29 is 23.8 Å². The number of benzene rings is 1. The number of hydrogen-bond acceptors (Lipinski definition) is 6. The quantitative estimate of drug-likeness (QED) is 0.866. The summed E-state index contributed by atoms with van der Waals surface area (Å²) >= 11 is 0. The van der Waals surface area contributed by atoms with E-state index in [-0.39, 0.29) is 18.2 Å². The van der Waals surface area contributed by atoms with E-state index in [1.165, 1.54) is 18.3 Å². The third-order valence-electron chi connectivity index (χ3n) is 2.31. The molecule has 0 atom stereocenters. The van der Waals surface area contributed by atoms with Gasteiger partial charge in [-0.15, -0.1) is 0 Å². The Bertz CT molecular complexity index is 630. The molecule has 2 rings (SSSR count). The van der Waals surface area contributed by atoms with E-state index in [2.05, 4.69) is 9.72 Å². The summed E-state index contributed by atoms with van der Waals surface area (Å²) in [6.07, 6.45) is -0.584. The molecule has 1 aromatic carbocycles. The number of hydrogen-bond donors (Lipinski definition) is 1. The van der Waals surface area contributed by atoms with Crippen LogP contribution in [0.15, 0.2) is 48.7 Å². The van der Waals surface area contributed by atoms with E-state index < -0.39 is 12.2 Å². The Hall–Kier alpha value is -3.09. The molecule has 1 amide bonds. The average Bonchev–Trinajstić information content (AvgIpc) is 2.46. The predicted molar refractivity (Wildman–Crippen MR) is 71.7 cm³/mol. The second-order valence-corrected chi connectivity index (χ2v) is 3.88. The lowest BCUT2D eigenvalue weighted by Gasteiger charge is -2.06. The third-order valence-corrected chi connectivity index (χ3v) is 2.31. The Morgan fingerprint density at radius 2 is 1.86 bits per heavy atom. The zero-order chi connectivity index (χ0) is 15.1. The van der Waals surface area contributed by atoms with Crippen molar-refractivity contribution in [3.8, 4) is 11.6 Å². The first kappa shape index (κ1) is 14.3. The molecule has 1 aromatic heterocycles. The normalized spacial score (nSPS) is 9.71. The predicted octanol–water partition coefficient (Wildman–Crippen LogP) is 2.25. The first-order valence-electron chi connectivity index (χ1n) is 5.95. The molecule has 7 nitrogen and oxygen atoms in total. The van der Waals surface area contributed by atoms with Crippen molar-refractivity contribution in [1.82, 2.24) is 4.98 Å². The molecule has 0 aliphatic rings. The number of rotatable bonds is 4. The summed E-state index contributed by atoms with van der Waals surface area (Å²) in [5, 5.41) is 0. The Kier molecular flexibility index (Phi) is 4.70. The van der Waals surface area contributed by atoms with Crippen molar-refractivity contribution in [2.45, 2.75) is 6.61 Å². The summed E-state index contributed by atoms with van der Waals surface area (Å²) in [5.74, 6) is 0.0511. The number of pyridine rings is 1. The van der Waals surface area contributed by atoms with E-state index in [1.807, 2.05) is 30.3 Å². The summed E-state index contributed by atoms with van der Waals surface area (Å²) in [7, 11) is 0. The van der Waals surface area contributed by atoms with Gasteiger partial charge in [0, 0.05) is 12.3 Å². The van der Waals surface area contributed by atoms with Crippen molar-refractivity contribution in [2.24, 2.45) is 5.73 Å². The lowest BCUT2D eigenvalue weighted by atomic mass is 10.2. The highest BCUT2D eigenvalue weighted by Gasteiger charge is 2.09. The molecular weight excluding hydrogens is 276 g/mol. The molecule has 0 unspecified atom stereocenters. The topological polar surface area (TPSA) is 101 Å². The van der Waals surface area contributed by atoms with Crippen molar-refractivity contribution in [3.63, 3.8) is 0 Å². The number of amides is 1. The number of aromatic nitrogens is 1. The standard InChI is InChI=1S/C14H12N2O5/c15-13(17)21-12-8-11(6-7-16-12)20-14(18)19-9-10-4-2-1-3-5-10/h1-8H,9H2,(H2,15,17). The smallest absolute Gasteiger partial charge is 0.429 e. The maximum Gasteiger partial charge on any atom is 0.514 e. The van der Waals surface area contributed by atoms with Crippen LogP contribution in [0, 0.1) is 0 Å². The summed E-state index contributed by atoms with van der Waals surface area (Å²) < 4.78 is 14.4. The van der Waals surface area contributed by atoms with Crippen LogP contribution in [0.1, 0.15) is 5.56 Å². The fourth-order valence-corrected chi connectivity index (χ4v) is 1.46. The fourth-order valence-electron chi connectivity index (χ4n) is 1.46. The molecule has 7 heteroatoms. The number of nitrogens with two attached hydrogens (primary N) is 1. The molecule has 0 saturated carbocycles. The third kappa shape index (κ3) is 4.83. The Labute approximate surface area is 120 Å². The molecule has 0 saturated heterocycles. The van der Waals surface area contributed by atoms with Gasteiger partial charge in [0.05, 0.1) is 0 Å². The van der Waals surface area contributed by atoms with Gasteiger partial charge in [-0.3, -0.25) is 0 Å². The van der Waals surface area contributed by atoms with Crippen molar-refractivity contribution in [1.29, 1.82) is 0 Å². The SMILES string of the molecule is NC(=O)Oc1cc(OC(=O)OCc2ccccc2)ccn1. The number of carbonyl (C=O) groups is 2. The van der Waals surface area contributed by atoms with Crippen LogP contribution < -0.4 is 15.2 Å². The number of ether oxygens (including phenoxy) is 3. The van der Waals surface area contributed by atoms with Gasteiger partial charge in [-0.2, -0.15) is 0 Å². The molecule has 0 radical (unpaired) electrons. The van der Waals surface area contributed by atoms with E-state index in [1.54, 1.807) is 0 Å². The van der Waals surface area contributed by atoms with Gasteiger partial charge in [0.2, 0.25) is 5.88 Å². The van der Waals surface area contributed by atoms with Crippen LogP contribution in [0.5, 0.6) is 11.6 Å². The Balaban J connectivity index is 1.89. The second-order valence-electron chi connectivity index (χ2n) is 3.88. The minimum Gasteiger partial charge on any atom is -0.429 e. The highest BCUT2D eigenvalue weighted by atomic mass is 16.7. The van der Waals surface area contributed by atoms with E-state index in [0.717, 1.165) is 5.56 Å². The molecule has 0 aliphatic carbocycles. The molecule has 0 fully saturated rings. The van der Waals surface area contributed by atoms with E-state index >= 15 is 0 Å². The van der Waals surface area contributed by atoms with Crippen LogP contribution in [-0.4, -0.2) is 17.2 Å². The van der Waals surface area contributed by atoms with Gasteiger partial charge in [-0.05, 0) is 11.6 Å². The van der Waals surface area contributed by atoms with E-state index in [9.17, 15) is 9.59 Å². The minimum absolute atomic E-state index is 0.0733. The molecule has 0 bridgehead atoms. The van der Waals surface area contributed by atoms with Crippen LogP contribution in [0.4, 0.5) is 9.59 Å². The maximum atomic E-state index is 11.5. The first-order valence-corrected chi connectivity index (χ1v) is 5.95. The largest absolute Gasteiger partial charge is 0.514 e. The van der Waals surface area contributed by atoms with E-state index in [4.69, 9.17) is 15.2 Å². The van der Waals surface area contributed by atoms with Gasteiger partial charge in [0.15, 0.2) is 0 Å². The van der Waals surface area contributed by atoms with Crippen molar-refractivity contribution in [3.05, 3.63) is 54.2 Å². The second kappa shape index (κ2) is 6.90. The molecule has 0 spiro atoms. The number of carbonyl (C=O) groups excluding carboxylic acids is 2. The van der Waals surface area contributed by atoms with Gasteiger partial charge in [0.25, 0.3) is 0 Å². The van der Waals surface area contributed by atoms with Crippen LogP contribution in [-0.2, 0) is 11.3 Å². The van der Waals surface area contributed by atoms with Crippen molar-refractivity contribution in [2.75, 3.05) is 0 Å². The Morgan fingerprint density at radius 1 is 1.10 bits per heavy atom. The van der Waals surface area contributed by atoms with Gasteiger partial charge in [-0.25, -0.2) is 14.6 Å². The zero-order valence-corrected chi connectivity index (χ0v) is 10.9. The summed E-state index contributed by atoms with van der Waals surface area (Å²) in [6.45, 7) is 0.0927. The minimum atomic E-state index is -1.01. The molecular formula is C14H12N2O5. The van der Waals surface area contributed by atoms with Crippen LogP contribution >= 0.6 is 0 Å². The van der Waals surface area contributed by atoms with Crippen molar-refractivity contribution >= 4 is 12.2 Å². The number of primary amides is 1. The van der Waals surface area contributed by atoms with Crippen LogP contribution in [0.25, 0.3) is 0 Å². The fraction of sp³-hybridized carbons (Fsp3) is 0.0714. The van der Waals surface area contributed by atoms with Gasteiger partial charge < -0.3 is 19.9 Å². The van der Waals surface area contributed by atoms with Gasteiger partial charge in [-0.1, -0.05) is 30.3 Å². The van der Waals surface area contributed by atoms with E-state index in [0.29, 0.717) is 0 Å². The highest BCUT2D eigenvalue weighted by molar-refractivity contribution is 5.68. The van der Waals surface area contributed by atoms with Gasteiger partial charge >= 0.3 is 12.2 Å². The Morgan fingerprint density at radius 3 is 2.57 bits per heavy atom. The molecule has 2 N–H and O–H groups in total. The highest BCUT2D eigenvalue weighted by Crippen LogP contribution is 2.17. The molecule has 0 aliphatic heterocycles. The summed E-state index contributed by atoms with van der Waals surface area (Å²) in [4.78, 5) is 25.8. The first-order chi connectivity index (χ1) is 10.1. The monoisotopic (exact) mass is 288 g/mol. The zero-order valence-electron chi connectivity index (χ0n) is 10.9. The molecule has 2 aromatic rings. The van der Waals surface area contributed by atoms with Crippen LogP contribution in [0.2, 0.25) is 0 Å². The summed E-state index contributed by atoms with van der Waals surface area (Å²) in [6, 6.07) is 11.8.